The smallest absolute Gasteiger partial charge is 0.488 e. The van der Waals surface area contributed by atoms with E-state index in [0.717, 1.165) is 39.1 Å². The highest BCUT2D eigenvalue weighted by atomic mass is 31.2. The number of para-hydroxylation sites is 4. The Labute approximate surface area is 379 Å². The van der Waals surface area contributed by atoms with Crippen molar-refractivity contribution in [3.8, 4) is 51.4 Å². The van der Waals surface area contributed by atoms with Crippen LogP contribution in [0.3, 0.4) is 0 Å². The average molecular weight is 887 g/mol. The summed E-state index contributed by atoms with van der Waals surface area (Å²) in [6.07, 6.45) is 0. The quantitative estimate of drug-likeness (QED) is 0.101. The van der Waals surface area contributed by atoms with Crippen molar-refractivity contribution in [3.05, 3.63) is 161 Å². The summed E-state index contributed by atoms with van der Waals surface area (Å²) in [7, 11) is -4.19. The number of rotatable bonds is 14. The zero-order valence-corrected chi connectivity index (χ0v) is 41.2. The van der Waals surface area contributed by atoms with E-state index in [0.29, 0.717) is 34.5 Å². The summed E-state index contributed by atoms with van der Waals surface area (Å²) in [5.74, 6) is 4.46. The van der Waals surface area contributed by atoms with E-state index >= 15 is 0 Å². The fourth-order valence-electron chi connectivity index (χ4n) is 7.14. The average Bonchev–Trinajstić information content (AvgIpc) is 3.19. The maximum Gasteiger partial charge on any atom is 0.530 e. The van der Waals surface area contributed by atoms with E-state index < -0.39 is 33.6 Å². The van der Waals surface area contributed by atoms with Crippen LogP contribution in [0.4, 0.5) is 0 Å². The van der Waals surface area contributed by atoms with Crippen LogP contribution >= 0.6 is 17.2 Å². The van der Waals surface area contributed by atoms with Crippen LogP contribution in [0.25, 0.3) is 11.1 Å². The van der Waals surface area contributed by atoms with Gasteiger partial charge in [-0.3, -0.25) is 0 Å². The van der Waals surface area contributed by atoms with Gasteiger partial charge in [0, 0.05) is 27.8 Å². The number of benzene rings is 6. The van der Waals surface area contributed by atoms with Crippen LogP contribution in [0.5, 0.6) is 40.2 Å². The van der Waals surface area contributed by atoms with Gasteiger partial charge >= 0.3 is 17.2 Å². The normalized spacial score (nSPS) is 12.3. The molecule has 0 aliphatic rings. The molecule has 0 spiro atoms. The summed E-state index contributed by atoms with van der Waals surface area (Å²) in [4.78, 5) is 0. The standard InChI is InChI=1S/C54H64O7P2/c1-37-43(51(3,4)5)35-44(52(6,7)8)49(60-62(56-39-27-19-15-20-28-39)57-40-29-21-16-22-30-40)47(37)48-38(2)46(55-54(12,13)14)36-45(53(9,10)11)50(48)61-63(58-41-31-23-17-24-32-41)59-42-33-25-18-26-34-42/h15-36H,1-14H3. The Morgan fingerprint density at radius 2 is 0.651 bits per heavy atom. The van der Waals surface area contributed by atoms with Crippen LogP contribution in [0.2, 0.25) is 0 Å². The van der Waals surface area contributed by atoms with E-state index in [-0.39, 0.29) is 5.41 Å². The lowest BCUT2D eigenvalue weighted by Crippen LogP contribution is -2.25. The Morgan fingerprint density at radius 1 is 0.349 bits per heavy atom. The molecule has 0 unspecified atom stereocenters. The minimum atomic E-state index is -2.10. The predicted molar refractivity (Wildman–Crippen MR) is 261 cm³/mol. The SMILES string of the molecule is Cc1c(OC(C)(C)C)cc(C(C)(C)C)c(OP(Oc2ccccc2)Oc2ccccc2)c1-c1c(C)c(C(C)(C)C)cc(C(C)(C)C)c1OP(Oc1ccccc1)Oc1ccccc1. The fraction of sp³-hybridized carbons (Fsp3) is 0.333. The highest BCUT2D eigenvalue weighted by Crippen LogP contribution is 2.58. The first-order valence-electron chi connectivity index (χ1n) is 21.5. The molecule has 6 rings (SSSR count). The van der Waals surface area contributed by atoms with Crippen molar-refractivity contribution in [3.63, 3.8) is 0 Å². The van der Waals surface area contributed by atoms with E-state index in [9.17, 15) is 0 Å². The first-order chi connectivity index (χ1) is 29.6. The molecule has 0 aliphatic carbocycles. The Morgan fingerprint density at radius 3 is 0.952 bits per heavy atom. The highest BCUT2D eigenvalue weighted by Gasteiger charge is 2.38. The first kappa shape index (κ1) is 47.3. The second kappa shape index (κ2) is 19.3. The van der Waals surface area contributed by atoms with Gasteiger partial charge in [-0.1, -0.05) is 141 Å². The van der Waals surface area contributed by atoms with E-state index in [4.69, 9.17) is 31.9 Å². The summed E-state index contributed by atoms with van der Waals surface area (Å²) >= 11 is 0. The van der Waals surface area contributed by atoms with Gasteiger partial charge in [-0.25, -0.2) is 0 Å². The maximum absolute atomic E-state index is 7.35. The van der Waals surface area contributed by atoms with Crippen LogP contribution in [0.1, 0.15) is 111 Å². The van der Waals surface area contributed by atoms with Gasteiger partial charge in [0.1, 0.15) is 45.8 Å². The molecular formula is C54H64O7P2. The minimum absolute atomic E-state index is 0.260. The number of ether oxygens (including phenoxy) is 1. The molecular weight excluding hydrogens is 823 g/mol. The number of hydrogen-bond donors (Lipinski definition) is 0. The van der Waals surface area contributed by atoms with Crippen LogP contribution in [-0.2, 0) is 16.2 Å². The molecule has 0 atom stereocenters. The topological polar surface area (TPSA) is 64.6 Å². The molecule has 0 saturated carbocycles. The lowest BCUT2D eigenvalue weighted by molar-refractivity contribution is 0.129. The van der Waals surface area contributed by atoms with Crippen LogP contribution in [0, 0.1) is 13.8 Å². The summed E-state index contributed by atoms with van der Waals surface area (Å²) in [6, 6.07) is 43.0. The third-order valence-corrected chi connectivity index (χ3v) is 12.2. The molecule has 6 aromatic rings. The molecule has 6 aromatic carbocycles. The lowest BCUT2D eigenvalue weighted by atomic mass is 9.74. The van der Waals surface area contributed by atoms with Crippen LogP contribution in [0.15, 0.2) is 133 Å². The molecule has 0 bridgehead atoms. The Kier molecular flexibility index (Phi) is 14.4. The van der Waals surface area contributed by atoms with Crippen molar-refractivity contribution in [1.82, 2.24) is 0 Å². The van der Waals surface area contributed by atoms with E-state index in [1.54, 1.807) is 0 Å². The van der Waals surface area contributed by atoms with Gasteiger partial charge in [0.2, 0.25) is 0 Å². The molecule has 0 amide bonds. The summed E-state index contributed by atoms with van der Waals surface area (Å²) in [5, 5.41) is 0. The molecule has 63 heavy (non-hydrogen) atoms. The fourth-order valence-corrected chi connectivity index (χ4v) is 9.22. The largest absolute Gasteiger partial charge is 0.530 e. The van der Waals surface area contributed by atoms with E-state index in [1.807, 2.05) is 121 Å². The maximum atomic E-state index is 7.35. The van der Waals surface area contributed by atoms with Crippen LogP contribution < -0.4 is 31.9 Å². The molecule has 0 fully saturated rings. The summed E-state index contributed by atoms with van der Waals surface area (Å²) in [6.45, 7) is 30.4. The molecule has 0 N–H and O–H groups in total. The summed E-state index contributed by atoms with van der Waals surface area (Å²) in [5.41, 5.74) is 4.99. The molecule has 9 heteroatoms. The van der Waals surface area contributed by atoms with Gasteiger partial charge in [0.05, 0.1) is 0 Å². The third-order valence-electron chi connectivity index (χ3n) is 10.1. The predicted octanol–water partition coefficient (Wildman–Crippen LogP) is 16.6. The Bertz CT molecular complexity index is 2350. The zero-order valence-electron chi connectivity index (χ0n) is 39.5. The third kappa shape index (κ3) is 12.3. The van der Waals surface area contributed by atoms with Crippen molar-refractivity contribution >= 4 is 17.2 Å². The lowest BCUT2D eigenvalue weighted by Gasteiger charge is -2.35. The summed E-state index contributed by atoms with van der Waals surface area (Å²) < 4.78 is 48.3. The van der Waals surface area contributed by atoms with Crippen molar-refractivity contribution in [2.75, 3.05) is 0 Å². The number of hydrogen-bond acceptors (Lipinski definition) is 7. The van der Waals surface area contributed by atoms with Gasteiger partial charge in [-0.15, -0.1) is 0 Å². The molecule has 332 valence electrons. The zero-order chi connectivity index (χ0) is 45.7. The molecule has 0 heterocycles. The Hall–Kier alpha value is -5.22. The van der Waals surface area contributed by atoms with Crippen molar-refractivity contribution in [2.45, 2.75) is 119 Å². The molecule has 0 radical (unpaired) electrons. The molecule has 7 nitrogen and oxygen atoms in total. The Balaban J connectivity index is 1.73. The monoisotopic (exact) mass is 886 g/mol. The van der Waals surface area contributed by atoms with Gasteiger partial charge in [-0.2, -0.15) is 0 Å². The van der Waals surface area contributed by atoms with E-state index in [2.05, 4.69) is 109 Å². The minimum Gasteiger partial charge on any atom is -0.488 e. The second-order valence-electron chi connectivity index (χ2n) is 19.8. The van der Waals surface area contributed by atoms with E-state index in [1.165, 1.54) is 5.56 Å². The van der Waals surface area contributed by atoms with Crippen molar-refractivity contribution in [1.29, 1.82) is 0 Å². The van der Waals surface area contributed by atoms with Crippen molar-refractivity contribution in [2.24, 2.45) is 0 Å². The van der Waals surface area contributed by atoms with Gasteiger partial charge in [0.25, 0.3) is 0 Å². The van der Waals surface area contributed by atoms with Crippen LogP contribution in [-0.4, -0.2) is 5.60 Å². The second-order valence-corrected chi connectivity index (χ2v) is 21.8. The molecule has 0 aliphatic heterocycles. The molecule has 0 aromatic heterocycles. The first-order valence-corrected chi connectivity index (χ1v) is 23.7. The van der Waals surface area contributed by atoms with Gasteiger partial charge < -0.3 is 31.9 Å². The van der Waals surface area contributed by atoms with Gasteiger partial charge in [0.15, 0.2) is 0 Å². The molecule has 0 saturated heterocycles. The van der Waals surface area contributed by atoms with Gasteiger partial charge in [-0.05, 0) is 117 Å². The highest BCUT2D eigenvalue weighted by molar-refractivity contribution is 7.43. The van der Waals surface area contributed by atoms with Crippen molar-refractivity contribution < 1.29 is 31.9 Å².